The summed E-state index contributed by atoms with van der Waals surface area (Å²) in [6.45, 7) is 0.768. The quantitative estimate of drug-likeness (QED) is 0.733. The van der Waals surface area contributed by atoms with Crippen LogP contribution in [0.25, 0.3) is 0 Å². The van der Waals surface area contributed by atoms with Crippen molar-refractivity contribution in [2.45, 2.75) is 18.9 Å². The lowest BCUT2D eigenvalue weighted by molar-refractivity contribution is -0.124. The first-order chi connectivity index (χ1) is 10.2. The largest absolute Gasteiger partial charge is 0.357 e. The average Bonchev–Trinajstić information content (AvgIpc) is 3.01. The highest BCUT2D eigenvalue weighted by Gasteiger charge is 2.35. The van der Waals surface area contributed by atoms with Gasteiger partial charge in [-0.3, -0.25) is 9.59 Å². The predicted molar refractivity (Wildman–Crippen MR) is 78.3 cm³/mol. The number of hydrogen-bond acceptors (Lipinski definition) is 4. The summed E-state index contributed by atoms with van der Waals surface area (Å²) in [5.41, 5.74) is 6.17. The molecule has 21 heavy (non-hydrogen) atoms. The third kappa shape index (κ3) is 3.20. The molecule has 1 saturated heterocycles. The zero-order valence-corrected chi connectivity index (χ0v) is 11.9. The van der Waals surface area contributed by atoms with E-state index in [-0.39, 0.29) is 24.1 Å². The molecule has 1 aliphatic heterocycles. The number of nitrogens with zero attached hydrogens (tertiary/aromatic N) is 2. The van der Waals surface area contributed by atoms with Gasteiger partial charge >= 0.3 is 0 Å². The van der Waals surface area contributed by atoms with Crippen LogP contribution in [-0.4, -0.2) is 47.9 Å². The number of hydrogen-bond donors (Lipinski definition) is 2. The van der Waals surface area contributed by atoms with Gasteiger partial charge in [-0.2, -0.15) is 0 Å². The molecule has 2 amide bonds. The Morgan fingerprint density at radius 1 is 1.57 bits per heavy atom. The molecule has 0 bridgehead atoms. The van der Waals surface area contributed by atoms with Crippen molar-refractivity contribution < 1.29 is 9.59 Å². The number of nitrogens with two attached hydrogens (primary N) is 1. The van der Waals surface area contributed by atoms with E-state index in [9.17, 15) is 9.59 Å². The van der Waals surface area contributed by atoms with Crippen LogP contribution in [0.4, 0.5) is 0 Å². The lowest BCUT2D eigenvalue weighted by atomic mass is 10.1. The Bertz CT molecular complexity index is 603. The van der Waals surface area contributed by atoms with Gasteiger partial charge in [0.25, 0.3) is 5.91 Å². The van der Waals surface area contributed by atoms with Gasteiger partial charge in [-0.15, -0.1) is 0 Å². The lowest BCUT2D eigenvalue weighted by Gasteiger charge is -2.23. The molecule has 0 aromatic carbocycles. The molecule has 0 saturated carbocycles. The van der Waals surface area contributed by atoms with Crippen molar-refractivity contribution in [3.63, 3.8) is 0 Å². The van der Waals surface area contributed by atoms with Gasteiger partial charge in [-0.1, -0.05) is 11.8 Å². The summed E-state index contributed by atoms with van der Waals surface area (Å²) in [5.74, 6) is 5.17. The number of pyridine rings is 1. The molecule has 1 aliphatic rings. The molecule has 0 spiro atoms. The van der Waals surface area contributed by atoms with Gasteiger partial charge in [0.05, 0.1) is 12.1 Å². The topological polar surface area (TPSA) is 88.3 Å². The summed E-state index contributed by atoms with van der Waals surface area (Å²) in [6, 6.07) is 3.02. The van der Waals surface area contributed by atoms with Crippen molar-refractivity contribution in [1.82, 2.24) is 15.2 Å². The standard InChI is InChI=1S/C15H18N4O2/c1-17-14(20)12-7-4-10-19(12)15(21)13-11(5-2-8-16)6-3-9-18-13/h3,6,9,12H,4,7-8,10,16H2,1H3,(H,17,20). The number of carbonyl (C=O) groups is 2. The van der Waals surface area contributed by atoms with E-state index in [1.54, 1.807) is 30.3 Å². The highest BCUT2D eigenvalue weighted by molar-refractivity contribution is 5.98. The van der Waals surface area contributed by atoms with Crippen LogP contribution in [0.5, 0.6) is 0 Å². The van der Waals surface area contributed by atoms with E-state index in [2.05, 4.69) is 22.1 Å². The number of likely N-dealkylation sites (N-methyl/N-ethyl adjacent to an activating group) is 1. The van der Waals surface area contributed by atoms with Gasteiger partial charge < -0.3 is 16.0 Å². The molecule has 6 heteroatoms. The van der Waals surface area contributed by atoms with Crippen LogP contribution in [0.1, 0.15) is 28.9 Å². The van der Waals surface area contributed by atoms with E-state index in [4.69, 9.17) is 5.73 Å². The van der Waals surface area contributed by atoms with Crippen molar-refractivity contribution in [3.05, 3.63) is 29.6 Å². The maximum absolute atomic E-state index is 12.6. The van der Waals surface area contributed by atoms with Gasteiger partial charge in [0.15, 0.2) is 0 Å². The predicted octanol–water partition coefficient (Wildman–Crippen LogP) is -0.258. The van der Waals surface area contributed by atoms with Crippen LogP contribution < -0.4 is 11.1 Å². The molecule has 2 heterocycles. The summed E-state index contributed by atoms with van der Waals surface area (Å²) in [7, 11) is 1.57. The summed E-state index contributed by atoms with van der Waals surface area (Å²) in [4.78, 5) is 30.2. The molecule has 6 nitrogen and oxygen atoms in total. The highest BCUT2D eigenvalue weighted by atomic mass is 16.2. The number of rotatable bonds is 2. The molecule has 0 aliphatic carbocycles. The van der Waals surface area contributed by atoms with Gasteiger partial charge in [0.2, 0.25) is 5.91 Å². The molecule has 2 rings (SSSR count). The van der Waals surface area contributed by atoms with Crippen LogP contribution in [0.3, 0.4) is 0 Å². The van der Waals surface area contributed by atoms with Gasteiger partial charge in [-0.25, -0.2) is 4.98 Å². The van der Waals surface area contributed by atoms with E-state index in [0.717, 1.165) is 6.42 Å². The third-order valence-corrected chi connectivity index (χ3v) is 3.40. The summed E-state index contributed by atoms with van der Waals surface area (Å²) < 4.78 is 0. The van der Waals surface area contributed by atoms with Crippen LogP contribution in [0, 0.1) is 11.8 Å². The molecule has 3 N–H and O–H groups in total. The number of amides is 2. The highest BCUT2D eigenvalue weighted by Crippen LogP contribution is 2.20. The third-order valence-electron chi connectivity index (χ3n) is 3.40. The minimum Gasteiger partial charge on any atom is -0.357 e. The van der Waals surface area contributed by atoms with Crippen LogP contribution in [0.15, 0.2) is 18.3 Å². The Morgan fingerprint density at radius 3 is 3.10 bits per heavy atom. The van der Waals surface area contributed by atoms with E-state index in [1.807, 2.05) is 0 Å². The molecule has 110 valence electrons. The van der Waals surface area contributed by atoms with Crippen LogP contribution in [-0.2, 0) is 4.79 Å². The average molecular weight is 286 g/mol. The number of likely N-dealkylation sites (tertiary alicyclic amines) is 1. The van der Waals surface area contributed by atoms with Crippen molar-refractivity contribution in [3.8, 4) is 11.8 Å². The van der Waals surface area contributed by atoms with E-state index < -0.39 is 6.04 Å². The van der Waals surface area contributed by atoms with Crippen LogP contribution >= 0.6 is 0 Å². The fourth-order valence-corrected chi connectivity index (χ4v) is 2.41. The minimum absolute atomic E-state index is 0.147. The zero-order valence-electron chi connectivity index (χ0n) is 11.9. The zero-order chi connectivity index (χ0) is 15.2. The SMILES string of the molecule is CNC(=O)C1CCCN1C(=O)c1ncccc1C#CCN. The van der Waals surface area contributed by atoms with Crippen molar-refractivity contribution in [2.24, 2.45) is 5.73 Å². The maximum atomic E-state index is 12.6. The normalized spacial score (nSPS) is 17.0. The molecular formula is C15H18N4O2. The van der Waals surface area contributed by atoms with Gasteiger partial charge in [0.1, 0.15) is 11.7 Å². The van der Waals surface area contributed by atoms with E-state index in [0.29, 0.717) is 18.5 Å². The maximum Gasteiger partial charge on any atom is 0.274 e. The molecule has 1 aromatic heterocycles. The smallest absolute Gasteiger partial charge is 0.274 e. The molecule has 0 radical (unpaired) electrons. The van der Waals surface area contributed by atoms with Gasteiger partial charge in [0, 0.05) is 19.8 Å². The second-order valence-corrected chi connectivity index (χ2v) is 4.68. The first kappa shape index (κ1) is 15.0. The number of nitrogens with one attached hydrogen (secondary N) is 1. The van der Waals surface area contributed by atoms with Crippen molar-refractivity contribution in [1.29, 1.82) is 0 Å². The monoisotopic (exact) mass is 286 g/mol. The molecular weight excluding hydrogens is 268 g/mol. The first-order valence-electron chi connectivity index (χ1n) is 6.85. The Labute approximate surface area is 123 Å². The van der Waals surface area contributed by atoms with Gasteiger partial charge in [-0.05, 0) is 25.0 Å². The van der Waals surface area contributed by atoms with Crippen molar-refractivity contribution >= 4 is 11.8 Å². The Morgan fingerprint density at radius 2 is 2.38 bits per heavy atom. The molecule has 1 unspecified atom stereocenters. The number of aromatic nitrogens is 1. The van der Waals surface area contributed by atoms with E-state index >= 15 is 0 Å². The fourth-order valence-electron chi connectivity index (χ4n) is 2.41. The Balaban J connectivity index is 2.30. The fraction of sp³-hybridized carbons (Fsp3) is 0.400. The second-order valence-electron chi connectivity index (χ2n) is 4.68. The van der Waals surface area contributed by atoms with E-state index in [1.165, 1.54) is 0 Å². The molecule has 1 atom stereocenters. The van der Waals surface area contributed by atoms with Crippen LogP contribution in [0.2, 0.25) is 0 Å². The van der Waals surface area contributed by atoms with Crippen molar-refractivity contribution in [2.75, 3.05) is 20.1 Å². The molecule has 1 aromatic rings. The first-order valence-corrected chi connectivity index (χ1v) is 6.85. The second kappa shape index (κ2) is 6.86. The summed E-state index contributed by atoms with van der Waals surface area (Å²) in [6.07, 6.45) is 3.02. The molecule has 1 fully saturated rings. The Kier molecular flexibility index (Phi) is 4.90. The number of carbonyl (C=O) groups excluding carboxylic acids is 2. The minimum atomic E-state index is -0.431. The summed E-state index contributed by atoms with van der Waals surface area (Å²) in [5, 5.41) is 2.59. The lowest BCUT2D eigenvalue weighted by Crippen LogP contribution is -2.45. The summed E-state index contributed by atoms with van der Waals surface area (Å²) >= 11 is 0. The Hall–Kier alpha value is -2.39.